The molecule has 2 rings (SSSR count). The number of nitrogens with one attached hydrogen (secondary N) is 1. The Hall–Kier alpha value is -2.34. The summed E-state index contributed by atoms with van der Waals surface area (Å²) in [5, 5.41) is 7.03. The summed E-state index contributed by atoms with van der Waals surface area (Å²) in [6.07, 6.45) is 2.50. The highest BCUT2D eigenvalue weighted by atomic mass is 16.5. The van der Waals surface area contributed by atoms with Crippen molar-refractivity contribution in [2.24, 2.45) is 0 Å². The van der Waals surface area contributed by atoms with Gasteiger partial charge in [0, 0.05) is 26.5 Å². The monoisotopic (exact) mass is 345 g/mol. The Morgan fingerprint density at radius 2 is 1.92 bits per heavy atom. The van der Waals surface area contributed by atoms with E-state index in [-0.39, 0.29) is 18.1 Å². The molecule has 25 heavy (non-hydrogen) atoms. The van der Waals surface area contributed by atoms with Crippen LogP contribution in [0.3, 0.4) is 0 Å². The van der Waals surface area contributed by atoms with Crippen molar-refractivity contribution in [1.82, 2.24) is 15.1 Å². The molecule has 0 fully saturated rings. The van der Waals surface area contributed by atoms with Crippen LogP contribution in [-0.4, -0.2) is 35.9 Å². The van der Waals surface area contributed by atoms with Gasteiger partial charge in [0.1, 0.15) is 11.4 Å². The van der Waals surface area contributed by atoms with Gasteiger partial charge in [-0.05, 0) is 35.6 Å². The van der Waals surface area contributed by atoms with Crippen LogP contribution in [0.25, 0.3) is 0 Å². The van der Waals surface area contributed by atoms with E-state index in [1.165, 1.54) is 5.56 Å². The third-order valence-electron chi connectivity index (χ3n) is 3.77. The number of amides is 1. The number of hydrogen-bond acceptors (Lipinski definition) is 4. The Kier molecular flexibility index (Phi) is 6.58. The van der Waals surface area contributed by atoms with E-state index in [1.54, 1.807) is 24.1 Å². The van der Waals surface area contributed by atoms with Gasteiger partial charge in [-0.1, -0.05) is 32.9 Å². The summed E-state index contributed by atoms with van der Waals surface area (Å²) in [7, 11) is 1.64. The minimum atomic E-state index is -0.190. The molecule has 136 valence electrons. The fourth-order valence-corrected chi connectivity index (χ4v) is 2.26. The van der Waals surface area contributed by atoms with Crippen LogP contribution in [0.4, 0.5) is 0 Å². The second-order valence-electron chi connectivity index (χ2n) is 6.89. The van der Waals surface area contributed by atoms with Crippen LogP contribution < -0.4 is 10.1 Å². The van der Waals surface area contributed by atoms with E-state index in [4.69, 9.17) is 9.47 Å². The Morgan fingerprint density at radius 1 is 1.20 bits per heavy atom. The van der Waals surface area contributed by atoms with Gasteiger partial charge in [0.25, 0.3) is 5.91 Å². The molecule has 2 aromatic rings. The number of carbonyl (C=O) groups excluding carboxylic acids is 1. The first kappa shape index (κ1) is 19.0. The maximum atomic E-state index is 12.0. The number of carbonyl (C=O) groups is 1. The molecule has 0 aliphatic heterocycles. The second kappa shape index (κ2) is 8.67. The largest absolute Gasteiger partial charge is 0.471 e. The fraction of sp³-hybridized carbons (Fsp3) is 0.474. The van der Waals surface area contributed by atoms with Crippen molar-refractivity contribution in [3.63, 3.8) is 0 Å². The van der Waals surface area contributed by atoms with Crippen molar-refractivity contribution in [2.45, 2.75) is 39.3 Å². The number of benzene rings is 1. The molecule has 0 saturated carbocycles. The second-order valence-corrected chi connectivity index (χ2v) is 6.89. The van der Waals surface area contributed by atoms with Crippen molar-refractivity contribution < 1.29 is 14.3 Å². The Labute approximate surface area is 149 Å². The lowest BCUT2D eigenvalue weighted by Crippen LogP contribution is -2.25. The van der Waals surface area contributed by atoms with E-state index >= 15 is 0 Å². The highest BCUT2D eigenvalue weighted by molar-refractivity contribution is 5.92. The minimum Gasteiger partial charge on any atom is -0.471 e. The SMILES string of the molecule is COCCCNC(=O)c1ccn(COc2ccc(C(C)(C)C)cc2)n1. The summed E-state index contributed by atoms with van der Waals surface area (Å²) in [5.41, 5.74) is 1.75. The molecule has 0 bridgehead atoms. The molecule has 0 radical (unpaired) electrons. The lowest BCUT2D eigenvalue weighted by Gasteiger charge is -2.19. The molecule has 0 aliphatic carbocycles. The van der Waals surface area contributed by atoms with Gasteiger partial charge in [0.15, 0.2) is 6.73 Å². The molecule has 0 saturated heterocycles. The van der Waals surface area contributed by atoms with Crippen LogP contribution >= 0.6 is 0 Å². The molecule has 0 aliphatic rings. The fourth-order valence-electron chi connectivity index (χ4n) is 2.26. The number of methoxy groups -OCH3 is 1. The number of aromatic nitrogens is 2. The molecule has 1 aromatic heterocycles. The minimum absolute atomic E-state index is 0.117. The van der Waals surface area contributed by atoms with Crippen molar-refractivity contribution in [3.8, 4) is 5.75 Å². The quantitative estimate of drug-likeness (QED) is 0.747. The molecule has 1 amide bonds. The summed E-state index contributed by atoms with van der Waals surface area (Å²) in [6.45, 7) is 7.97. The molecule has 1 aromatic carbocycles. The summed E-state index contributed by atoms with van der Waals surface area (Å²) >= 11 is 0. The van der Waals surface area contributed by atoms with Gasteiger partial charge < -0.3 is 14.8 Å². The van der Waals surface area contributed by atoms with E-state index in [9.17, 15) is 4.79 Å². The van der Waals surface area contributed by atoms with Crippen LogP contribution in [0.2, 0.25) is 0 Å². The van der Waals surface area contributed by atoms with Gasteiger partial charge in [-0.2, -0.15) is 5.10 Å². The van der Waals surface area contributed by atoms with Crippen molar-refractivity contribution in [3.05, 3.63) is 47.8 Å². The number of hydrogen-bond donors (Lipinski definition) is 1. The summed E-state index contributed by atoms with van der Waals surface area (Å²) in [6, 6.07) is 9.72. The smallest absolute Gasteiger partial charge is 0.271 e. The first-order chi connectivity index (χ1) is 11.9. The average Bonchev–Trinajstić information content (AvgIpc) is 3.05. The van der Waals surface area contributed by atoms with E-state index in [0.29, 0.717) is 18.8 Å². The lowest BCUT2D eigenvalue weighted by molar-refractivity contribution is 0.0941. The van der Waals surface area contributed by atoms with Crippen molar-refractivity contribution >= 4 is 5.91 Å². The van der Waals surface area contributed by atoms with Crippen LogP contribution in [-0.2, 0) is 16.9 Å². The zero-order chi connectivity index (χ0) is 18.3. The Bertz CT molecular complexity index is 672. The Balaban J connectivity index is 1.84. The molecule has 0 atom stereocenters. The molecule has 6 heteroatoms. The van der Waals surface area contributed by atoms with Crippen LogP contribution in [0.15, 0.2) is 36.5 Å². The molecule has 6 nitrogen and oxygen atoms in total. The standard InChI is InChI=1S/C19H27N3O3/c1-19(2,3)15-6-8-16(9-7-15)25-14-22-12-10-17(21-22)18(23)20-11-5-13-24-4/h6-10,12H,5,11,13-14H2,1-4H3,(H,20,23). The summed E-state index contributed by atoms with van der Waals surface area (Å²) in [5.74, 6) is 0.582. The summed E-state index contributed by atoms with van der Waals surface area (Å²) in [4.78, 5) is 12.0. The summed E-state index contributed by atoms with van der Waals surface area (Å²) < 4.78 is 12.3. The predicted molar refractivity (Wildman–Crippen MR) is 96.8 cm³/mol. The predicted octanol–water partition coefficient (Wildman–Crippen LogP) is 2.98. The highest BCUT2D eigenvalue weighted by Gasteiger charge is 2.13. The molecule has 1 N–H and O–H groups in total. The van der Waals surface area contributed by atoms with Gasteiger partial charge >= 0.3 is 0 Å². The first-order valence-corrected chi connectivity index (χ1v) is 8.44. The highest BCUT2D eigenvalue weighted by Crippen LogP contribution is 2.24. The van der Waals surface area contributed by atoms with Crippen molar-refractivity contribution in [2.75, 3.05) is 20.3 Å². The van der Waals surface area contributed by atoms with Crippen LogP contribution in [0, 0.1) is 0 Å². The zero-order valence-electron chi connectivity index (χ0n) is 15.4. The number of ether oxygens (including phenoxy) is 2. The molecule has 0 spiro atoms. The number of rotatable bonds is 8. The van der Waals surface area contributed by atoms with E-state index in [2.05, 4.69) is 43.3 Å². The van der Waals surface area contributed by atoms with Gasteiger partial charge in [0.05, 0.1) is 0 Å². The van der Waals surface area contributed by atoms with E-state index < -0.39 is 0 Å². The normalized spacial score (nSPS) is 11.4. The van der Waals surface area contributed by atoms with Gasteiger partial charge in [0.2, 0.25) is 0 Å². The van der Waals surface area contributed by atoms with Crippen LogP contribution in [0.5, 0.6) is 5.75 Å². The molecular formula is C19H27N3O3. The molecule has 0 unspecified atom stereocenters. The van der Waals surface area contributed by atoms with Gasteiger partial charge in [-0.25, -0.2) is 4.68 Å². The third-order valence-corrected chi connectivity index (χ3v) is 3.77. The zero-order valence-corrected chi connectivity index (χ0v) is 15.4. The molecular weight excluding hydrogens is 318 g/mol. The topological polar surface area (TPSA) is 65.4 Å². The van der Waals surface area contributed by atoms with Gasteiger partial charge in [-0.3, -0.25) is 4.79 Å². The average molecular weight is 345 g/mol. The van der Waals surface area contributed by atoms with Gasteiger partial charge in [-0.15, -0.1) is 0 Å². The maximum absolute atomic E-state index is 12.0. The number of nitrogens with zero attached hydrogens (tertiary/aromatic N) is 2. The molecule has 1 heterocycles. The van der Waals surface area contributed by atoms with Crippen molar-refractivity contribution in [1.29, 1.82) is 0 Å². The van der Waals surface area contributed by atoms with Crippen LogP contribution in [0.1, 0.15) is 43.2 Å². The Morgan fingerprint density at radius 3 is 2.56 bits per heavy atom. The maximum Gasteiger partial charge on any atom is 0.271 e. The first-order valence-electron chi connectivity index (χ1n) is 8.44. The van der Waals surface area contributed by atoms with E-state index in [1.807, 2.05) is 12.1 Å². The third kappa shape index (κ3) is 5.90. The lowest BCUT2D eigenvalue weighted by atomic mass is 9.87. The van der Waals surface area contributed by atoms with E-state index in [0.717, 1.165) is 12.2 Å².